The van der Waals surface area contributed by atoms with E-state index in [2.05, 4.69) is 31.3 Å². The Bertz CT molecular complexity index is 511. The number of hydrogen-bond donors (Lipinski definition) is 0. The third-order valence-corrected chi connectivity index (χ3v) is 4.99. The lowest BCUT2D eigenvalue weighted by Crippen LogP contribution is -2.36. The van der Waals surface area contributed by atoms with Gasteiger partial charge in [0.25, 0.3) is 0 Å². The van der Waals surface area contributed by atoms with E-state index in [9.17, 15) is 4.55 Å². The summed E-state index contributed by atoms with van der Waals surface area (Å²) in [5.41, 5.74) is 2.08. The van der Waals surface area contributed by atoms with Crippen molar-refractivity contribution in [3.05, 3.63) is 28.2 Å². The van der Waals surface area contributed by atoms with E-state index < -0.39 is 11.4 Å². The van der Waals surface area contributed by atoms with Gasteiger partial charge in [-0.3, -0.25) is 0 Å². The first kappa shape index (κ1) is 16.8. The van der Waals surface area contributed by atoms with Gasteiger partial charge in [0, 0.05) is 28.8 Å². The third-order valence-electron chi connectivity index (χ3n) is 3.15. The van der Waals surface area contributed by atoms with E-state index in [4.69, 9.17) is 4.74 Å². The lowest BCUT2D eigenvalue weighted by molar-refractivity contribution is 0.122. The van der Waals surface area contributed by atoms with Crippen molar-refractivity contribution in [2.45, 2.75) is 25.5 Å². The molecule has 1 saturated heterocycles. The predicted octanol–water partition coefficient (Wildman–Crippen LogP) is 3.17. The highest BCUT2D eigenvalue weighted by Crippen LogP contribution is 2.25. The average Bonchev–Trinajstić information content (AvgIpc) is 2.44. The molecule has 0 amide bonds. The molecular weight excluding hydrogens is 352 g/mol. The summed E-state index contributed by atoms with van der Waals surface area (Å²) in [5.74, 6) is 0. The summed E-state index contributed by atoms with van der Waals surface area (Å²) in [7, 11) is 0. The van der Waals surface area contributed by atoms with Crippen LogP contribution in [0.5, 0.6) is 0 Å². The normalized spacial score (nSPS) is 18.2. The van der Waals surface area contributed by atoms with Crippen molar-refractivity contribution < 1.29 is 9.29 Å². The van der Waals surface area contributed by atoms with Gasteiger partial charge in [-0.15, -0.1) is 0 Å². The van der Waals surface area contributed by atoms with E-state index in [-0.39, 0.29) is 4.75 Å². The summed E-state index contributed by atoms with van der Waals surface area (Å²) in [6, 6.07) is 6.09. The minimum Gasteiger partial charge on any atom is -0.591 e. The Morgan fingerprint density at radius 1 is 1.33 bits per heavy atom. The Labute approximate surface area is 138 Å². The van der Waals surface area contributed by atoms with Gasteiger partial charge in [-0.05, 0) is 39.0 Å². The minimum absolute atomic E-state index is 0.346. The van der Waals surface area contributed by atoms with Crippen LogP contribution in [0.15, 0.2) is 27.1 Å². The van der Waals surface area contributed by atoms with Crippen LogP contribution in [0.4, 0.5) is 5.69 Å². The molecule has 0 aliphatic carbocycles. The molecule has 0 spiro atoms. The Balaban J connectivity index is 2.25. The summed E-state index contributed by atoms with van der Waals surface area (Å²) in [4.78, 5) is 2.28. The maximum Gasteiger partial charge on any atom is 0.144 e. The third kappa shape index (κ3) is 4.71. The zero-order valence-corrected chi connectivity index (χ0v) is 15.0. The number of nitrogens with zero attached hydrogens (tertiary/aromatic N) is 2. The number of anilines is 1. The fourth-order valence-corrected chi connectivity index (χ4v) is 2.89. The number of hydrogen-bond acceptors (Lipinski definition) is 4. The molecule has 0 radical (unpaired) electrons. The van der Waals surface area contributed by atoms with Crippen molar-refractivity contribution in [3.8, 4) is 0 Å². The fraction of sp³-hybridized carbons (Fsp3) is 0.533. The van der Waals surface area contributed by atoms with E-state index in [1.807, 2.05) is 32.9 Å². The Kier molecular flexibility index (Phi) is 5.71. The van der Waals surface area contributed by atoms with Crippen molar-refractivity contribution in [1.82, 2.24) is 0 Å². The molecule has 0 N–H and O–H groups in total. The monoisotopic (exact) mass is 372 g/mol. The topological polar surface area (TPSA) is 47.9 Å². The van der Waals surface area contributed by atoms with Crippen molar-refractivity contribution in [2.24, 2.45) is 4.40 Å². The number of rotatable bonds is 3. The molecule has 1 atom stereocenters. The molecule has 1 aliphatic rings. The first-order chi connectivity index (χ1) is 9.88. The Hall–Kier alpha value is -0.560. The summed E-state index contributed by atoms with van der Waals surface area (Å²) in [6.45, 7) is 8.97. The zero-order chi connectivity index (χ0) is 15.5. The minimum atomic E-state index is -1.25. The molecule has 1 unspecified atom stereocenters. The van der Waals surface area contributed by atoms with Gasteiger partial charge in [0.2, 0.25) is 0 Å². The van der Waals surface area contributed by atoms with Crippen LogP contribution < -0.4 is 4.90 Å². The molecule has 1 heterocycles. The fourth-order valence-electron chi connectivity index (χ4n) is 1.98. The SMILES string of the molecule is CC(C)(C)[S+]([O-])N=Cc1cc(Br)ccc1N1CCOCC1. The average molecular weight is 373 g/mol. The van der Waals surface area contributed by atoms with E-state index in [1.54, 1.807) is 6.21 Å². The van der Waals surface area contributed by atoms with Crippen LogP contribution in [0.3, 0.4) is 0 Å². The molecule has 116 valence electrons. The van der Waals surface area contributed by atoms with Crippen LogP contribution in [-0.4, -0.2) is 41.8 Å². The first-order valence-electron chi connectivity index (χ1n) is 6.96. The number of benzene rings is 1. The van der Waals surface area contributed by atoms with Crippen LogP contribution >= 0.6 is 15.9 Å². The molecule has 6 heteroatoms. The molecular formula is C15H21BrN2O2S. The maximum atomic E-state index is 12.1. The van der Waals surface area contributed by atoms with Gasteiger partial charge in [0.05, 0.1) is 19.4 Å². The van der Waals surface area contributed by atoms with Gasteiger partial charge in [-0.25, -0.2) is 0 Å². The van der Waals surface area contributed by atoms with Crippen LogP contribution in [0.25, 0.3) is 0 Å². The van der Waals surface area contributed by atoms with Gasteiger partial charge in [-0.2, -0.15) is 0 Å². The summed E-state index contributed by atoms with van der Waals surface area (Å²) < 4.78 is 22.3. The summed E-state index contributed by atoms with van der Waals surface area (Å²) >= 11 is 2.24. The summed E-state index contributed by atoms with van der Waals surface area (Å²) in [5, 5.41) is 0. The van der Waals surface area contributed by atoms with Crippen molar-refractivity contribution >= 4 is 39.2 Å². The highest BCUT2D eigenvalue weighted by Gasteiger charge is 2.26. The molecule has 1 aromatic rings. The smallest absolute Gasteiger partial charge is 0.144 e. The molecule has 4 nitrogen and oxygen atoms in total. The van der Waals surface area contributed by atoms with E-state index in [0.29, 0.717) is 0 Å². The second-order valence-corrected chi connectivity index (χ2v) is 8.75. The van der Waals surface area contributed by atoms with Crippen LogP contribution in [0.1, 0.15) is 26.3 Å². The van der Waals surface area contributed by atoms with Gasteiger partial charge < -0.3 is 14.2 Å². The quantitative estimate of drug-likeness (QED) is 0.604. The molecule has 0 aromatic heterocycles. The lowest BCUT2D eigenvalue weighted by atomic mass is 10.1. The number of morpholine rings is 1. The Morgan fingerprint density at radius 2 is 2.00 bits per heavy atom. The van der Waals surface area contributed by atoms with Gasteiger partial charge >= 0.3 is 0 Å². The van der Waals surface area contributed by atoms with Crippen molar-refractivity contribution in [3.63, 3.8) is 0 Å². The number of halogens is 1. The van der Waals surface area contributed by atoms with E-state index in [1.165, 1.54) is 0 Å². The summed E-state index contributed by atoms with van der Waals surface area (Å²) in [6.07, 6.45) is 1.72. The molecule has 2 rings (SSSR count). The molecule has 0 bridgehead atoms. The highest BCUT2D eigenvalue weighted by molar-refractivity contribution is 9.10. The predicted molar refractivity (Wildman–Crippen MR) is 92.7 cm³/mol. The molecule has 1 aromatic carbocycles. The van der Waals surface area contributed by atoms with Gasteiger partial charge in [0.1, 0.15) is 16.1 Å². The van der Waals surface area contributed by atoms with Gasteiger partial charge in [-0.1, -0.05) is 20.3 Å². The second-order valence-electron chi connectivity index (χ2n) is 5.90. The standard InChI is InChI=1S/C15H21BrN2O2S/c1-15(2,3)21(19)17-11-12-10-13(16)4-5-14(12)18-6-8-20-9-7-18/h4-5,10-11H,6-9H2,1-3H3. The zero-order valence-electron chi connectivity index (χ0n) is 12.6. The lowest BCUT2D eigenvalue weighted by Gasteiger charge is -2.30. The van der Waals surface area contributed by atoms with Crippen LogP contribution in [-0.2, 0) is 16.1 Å². The van der Waals surface area contributed by atoms with Crippen molar-refractivity contribution in [2.75, 3.05) is 31.2 Å². The van der Waals surface area contributed by atoms with Crippen LogP contribution in [0, 0.1) is 0 Å². The second kappa shape index (κ2) is 7.13. The maximum absolute atomic E-state index is 12.1. The van der Waals surface area contributed by atoms with E-state index >= 15 is 0 Å². The Morgan fingerprint density at radius 3 is 2.62 bits per heavy atom. The highest BCUT2D eigenvalue weighted by atomic mass is 79.9. The molecule has 1 fully saturated rings. The van der Waals surface area contributed by atoms with Gasteiger partial charge in [0.15, 0.2) is 0 Å². The van der Waals surface area contributed by atoms with Crippen molar-refractivity contribution in [1.29, 1.82) is 0 Å². The molecule has 1 aliphatic heterocycles. The largest absolute Gasteiger partial charge is 0.591 e. The first-order valence-corrected chi connectivity index (χ1v) is 8.86. The van der Waals surface area contributed by atoms with E-state index in [0.717, 1.165) is 42.0 Å². The molecule has 0 saturated carbocycles. The number of ether oxygens (including phenoxy) is 1. The molecule has 21 heavy (non-hydrogen) atoms. The van der Waals surface area contributed by atoms with Crippen LogP contribution in [0.2, 0.25) is 0 Å².